The summed E-state index contributed by atoms with van der Waals surface area (Å²) in [6.45, 7) is 0.178. The number of hydrogen-bond donors (Lipinski definition) is 3. The predicted molar refractivity (Wildman–Crippen MR) is 62.8 cm³/mol. The number of nitrogens with one attached hydrogen (secondary N) is 3. The van der Waals surface area contributed by atoms with Gasteiger partial charge in [-0.1, -0.05) is 6.07 Å². The summed E-state index contributed by atoms with van der Waals surface area (Å²) in [7, 11) is 1.14. The van der Waals surface area contributed by atoms with Gasteiger partial charge in [-0.25, -0.2) is 9.59 Å². The van der Waals surface area contributed by atoms with Gasteiger partial charge in [0, 0.05) is 6.54 Å². The second-order valence-electron chi connectivity index (χ2n) is 3.63. The summed E-state index contributed by atoms with van der Waals surface area (Å²) in [5, 5.41) is 2.41. The third kappa shape index (κ3) is 2.40. The number of imidazole rings is 1. The van der Waals surface area contributed by atoms with Gasteiger partial charge in [0.25, 0.3) is 0 Å². The lowest BCUT2D eigenvalue weighted by atomic mass is 10.2. The molecule has 7 nitrogen and oxygen atoms in total. The highest BCUT2D eigenvalue weighted by atomic mass is 16.5. The number of carbonyl (C=O) groups is 2. The maximum absolute atomic E-state index is 11.2. The Balaban J connectivity index is 2.10. The minimum atomic E-state index is -0.939. The molecule has 0 aliphatic carbocycles. The second-order valence-corrected chi connectivity index (χ2v) is 3.63. The lowest BCUT2D eigenvalue weighted by Crippen LogP contribution is -2.31. The van der Waals surface area contributed by atoms with Gasteiger partial charge in [-0.2, -0.15) is 0 Å². The van der Waals surface area contributed by atoms with Gasteiger partial charge < -0.3 is 20.0 Å². The van der Waals surface area contributed by atoms with E-state index < -0.39 is 11.9 Å². The Kier molecular flexibility index (Phi) is 3.13. The molecule has 0 unspecified atom stereocenters. The van der Waals surface area contributed by atoms with Crippen LogP contribution in [-0.2, 0) is 20.9 Å². The van der Waals surface area contributed by atoms with Crippen LogP contribution in [0.1, 0.15) is 5.56 Å². The molecule has 0 spiro atoms. The molecule has 0 radical (unpaired) electrons. The van der Waals surface area contributed by atoms with E-state index in [1.165, 1.54) is 0 Å². The SMILES string of the molecule is COC(=O)C(=O)NCc1ccc2[nH]c(=O)[nH]c2c1. The Morgan fingerprint density at radius 1 is 1.28 bits per heavy atom. The van der Waals surface area contributed by atoms with Crippen molar-refractivity contribution in [1.82, 2.24) is 15.3 Å². The molecule has 1 aromatic carbocycles. The number of hydrogen-bond acceptors (Lipinski definition) is 4. The molecule has 0 aliphatic heterocycles. The Morgan fingerprint density at radius 3 is 2.72 bits per heavy atom. The summed E-state index contributed by atoms with van der Waals surface area (Å²) in [5.74, 6) is -1.74. The lowest BCUT2D eigenvalue weighted by Gasteiger charge is -2.03. The lowest BCUT2D eigenvalue weighted by molar-refractivity contribution is -0.152. The smallest absolute Gasteiger partial charge is 0.396 e. The molecule has 1 heterocycles. The minimum absolute atomic E-state index is 0.178. The molecule has 2 aromatic rings. The number of aromatic nitrogens is 2. The summed E-state index contributed by atoms with van der Waals surface area (Å²) < 4.78 is 4.27. The topological polar surface area (TPSA) is 104 Å². The van der Waals surface area contributed by atoms with E-state index in [-0.39, 0.29) is 12.2 Å². The van der Waals surface area contributed by atoms with Crippen LogP contribution in [0.15, 0.2) is 23.0 Å². The average Bonchev–Trinajstić information content (AvgIpc) is 2.74. The van der Waals surface area contributed by atoms with Crippen molar-refractivity contribution in [3.05, 3.63) is 34.2 Å². The molecule has 2 rings (SSSR count). The van der Waals surface area contributed by atoms with Crippen LogP contribution >= 0.6 is 0 Å². The molecule has 0 fully saturated rings. The van der Waals surface area contributed by atoms with Crippen molar-refractivity contribution in [2.24, 2.45) is 0 Å². The number of esters is 1. The zero-order chi connectivity index (χ0) is 13.1. The van der Waals surface area contributed by atoms with E-state index in [4.69, 9.17) is 0 Å². The molecular weight excluding hydrogens is 238 g/mol. The second kappa shape index (κ2) is 4.74. The predicted octanol–water partition coefficient (Wildman–Crippen LogP) is -0.355. The average molecular weight is 249 g/mol. The van der Waals surface area contributed by atoms with Gasteiger partial charge >= 0.3 is 17.6 Å². The van der Waals surface area contributed by atoms with E-state index in [2.05, 4.69) is 20.0 Å². The van der Waals surface area contributed by atoms with Crippen molar-refractivity contribution in [1.29, 1.82) is 0 Å². The number of fused-ring (bicyclic) bond motifs is 1. The van der Waals surface area contributed by atoms with Crippen molar-refractivity contribution >= 4 is 22.9 Å². The minimum Gasteiger partial charge on any atom is -0.462 e. The fourth-order valence-corrected chi connectivity index (χ4v) is 1.54. The van der Waals surface area contributed by atoms with E-state index in [0.717, 1.165) is 12.7 Å². The standard InChI is InChI=1S/C11H11N3O4/c1-18-10(16)9(15)12-5-6-2-3-7-8(4-6)14-11(17)13-7/h2-4H,5H2,1H3,(H,12,15)(H2,13,14,17). The quantitative estimate of drug-likeness (QED) is 0.499. The van der Waals surface area contributed by atoms with Crippen LogP contribution < -0.4 is 11.0 Å². The first kappa shape index (κ1) is 11.9. The molecule has 1 amide bonds. The molecule has 0 saturated carbocycles. The van der Waals surface area contributed by atoms with Crippen molar-refractivity contribution in [3.8, 4) is 0 Å². The van der Waals surface area contributed by atoms with Gasteiger partial charge in [-0.3, -0.25) is 4.79 Å². The molecule has 18 heavy (non-hydrogen) atoms. The molecule has 94 valence electrons. The van der Waals surface area contributed by atoms with Gasteiger partial charge in [0.2, 0.25) is 0 Å². The van der Waals surface area contributed by atoms with Gasteiger partial charge in [0.15, 0.2) is 0 Å². The summed E-state index contributed by atoms with van der Waals surface area (Å²) in [5.41, 5.74) is 1.80. The van der Waals surface area contributed by atoms with Crippen molar-refractivity contribution < 1.29 is 14.3 Å². The molecule has 3 N–H and O–H groups in total. The van der Waals surface area contributed by atoms with Crippen LogP contribution in [0.25, 0.3) is 11.0 Å². The Bertz CT molecular complexity index is 656. The number of amides is 1. The van der Waals surface area contributed by atoms with Crippen LogP contribution in [0.2, 0.25) is 0 Å². The number of ether oxygens (including phenoxy) is 1. The molecular formula is C11H11N3O4. The maximum atomic E-state index is 11.2. The zero-order valence-corrected chi connectivity index (χ0v) is 9.57. The number of benzene rings is 1. The van der Waals surface area contributed by atoms with Gasteiger partial charge in [-0.15, -0.1) is 0 Å². The fraction of sp³-hybridized carbons (Fsp3) is 0.182. The Morgan fingerprint density at radius 2 is 2.00 bits per heavy atom. The molecule has 0 bridgehead atoms. The van der Waals surface area contributed by atoms with Crippen molar-refractivity contribution in [2.75, 3.05) is 7.11 Å². The van der Waals surface area contributed by atoms with E-state index in [9.17, 15) is 14.4 Å². The Labute approximate surface area is 101 Å². The summed E-state index contributed by atoms with van der Waals surface area (Å²) in [6, 6.07) is 5.17. The summed E-state index contributed by atoms with van der Waals surface area (Å²) in [6.07, 6.45) is 0. The van der Waals surface area contributed by atoms with Crippen LogP contribution in [0, 0.1) is 0 Å². The van der Waals surface area contributed by atoms with E-state index >= 15 is 0 Å². The number of aromatic amines is 2. The van der Waals surface area contributed by atoms with Crippen molar-refractivity contribution in [3.63, 3.8) is 0 Å². The van der Waals surface area contributed by atoms with E-state index in [1.807, 2.05) is 0 Å². The molecule has 0 aliphatic rings. The summed E-state index contributed by atoms with van der Waals surface area (Å²) >= 11 is 0. The first-order valence-electron chi connectivity index (χ1n) is 5.17. The maximum Gasteiger partial charge on any atom is 0.396 e. The van der Waals surface area contributed by atoms with Gasteiger partial charge in [0.05, 0.1) is 18.1 Å². The highest BCUT2D eigenvalue weighted by molar-refractivity contribution is 6.32. The summed E-state index contributed by atoms with van der Waals surface area (Å²) in [4.78, 5) is 38.3. The number of methoxy groups -OCH3 is 1. The van der Waals surface area contributed by atoms with Crippen LogP contribution in [0.5, 0.6) is 0 Å². The van der Waals surface area contributed by atoms with Crippen LogP contribution in [0.4, 0.5) is 0 Å². The Hall–Kier alpha value is -2.57. The molecule has 1 aromatic heterocycles. The van der Waals surface area contributed by atoms with Crippen LogP contribution in [0.3, 0.4) is 0 Å². The van der Waals surface area contributed by atoms with E-state index in [0.29, 0.717) is 11.0 Å². The molecule has 7 heteroatoms. The first-order valence-corrected chi connectivity index (χ1v) is 5.17. The fourth-order valence-electron chi connectivity index (χ4n) is 1.54. The molecule has 0 saturated heterocycles. The van der Waals surface area contributed by atoms with Crippen LogP contribution in [-0.4, -0.2) is 29.0 Å². The highest BCUT2D eigenvalue weighted by Crippen LogP contribution is 2.09. The molecule has 0 atom stereocenters. The normalized spacial score (nSPS) is 10.3. The third-order valence-corrected chi connectivity index (χ3v) is 2.40. The highest BCUT2D eigenvalue weighted by Gasteiger charge is 2.12. The van der Waals surface area contributed by atoms with Gasteiger partial charge in [-0.05, 0) is 17.7 Å². The van der Waals surface area contributed by atoms with Crippen molar-refractivity contribution in [2.45, 2.75) is 6.54 Å². The van der Waals surface area contributed by atoms with E-state index in [1.54, 1.807) is 18.2 Å². The number of H-pyrrole nitrogens is 2. The first-order chi connectivity index (χ1) is 8.60. The number of carbonyl (C=O) groups excluding carboxylic acids is 2. The number of rotatable bonds is 2. The largest absolute Gasteiger partial charge is 0.462 e. The third-order valence-electron chi connectivity index (χ3n) is 2.40. The monoisotopic (exact) mass is 249 g/mol. The van der Waals surface area contributed by atoms with Gasteiger partial charge in [0.1, 0.15) is 0 Å². The zero-order valence-electron chi connectivity index (χ0n) is 9.57.